The number of likely N-dealkylation sites (N-methyl/N-ethyl adjacent to an activating group) is 1. The van der Waals surface area contributed by atoms with Crippen LogP contribution in [0.15, 0.2) is 6.20 Å². The molecule has 1 aromatic heterocycles. The van der Waals surface area contributed by atoms with Crippen LogP contribution in [0.1, 0.15) is 19.0 Å². The molecule has 3 unspecified atom stereocenters. The summed E-state index contributed by atoms with van der Waals surface area (Å²) in [6.07, 6.45) is 0.171. The lowest BCUT2D eigenvalue weighted by Gasteiger charge is -2.31. The van der Waals surface area contributed by atoms with Crippen LogP contribution in [0.3, 0.4) is 0 Å². The van der Waals surface area contributed by atoms with Crippen LogP contribution in [0.2, 0.25) is 0 Å². The average Bonchev–Trinajstić information content (AvgIpc) is 3.27. The molecule has 1 aliphatic heterocycles. The van der Waals surface area contributed by atoms with Gasteiger partial charge in [0.2, 0.25) is 0 Å². The van der Waals surface area contributed by atoms with Crippen LogP contribution >= 0.6 is 0 Å². The lowest BCUT2D eigenvalue weighted by atomic mass is 10.0. The molecule has 0 aliphatic carbocycles. The molecule has 0 saturated carbocycles. The molecular formula is C21H40N4O8. The molecule has 0 spiro atoms. The van der Waals surface area contributed by atoms with Crippen molar-refractivity contribution < 1.29 is 38.6 Å². The van der Waals surface area contributed by atoms with Crippen molar-refractivity contribution in [3.8, 4) is 0 Å². The summed E-state index contributed by atoms with van der Waals surface area (Å²) in [6, 6.07) is 0. The number of aromatic nitrogens is 3. The topological polar surface area (TPSA) is 139 Å². The summed E-state index contributed by atoms with van der Waals surface area (Å²) in [5.41, 5.74) is 0.805. The van der Waals surface area contributed by atoms with Crippen LogP contribution in [0.25, 0.3) is 0 Å². The lowest BCUT2D eigenvalue weighted by Crippen LogP contribution is -2.46. The van der Waals surface area contributed by atoms with Gasteiger partial charge in [-0.15, -0.1) is 5.10 Å². The van der Waals surface area contributed by atoms with Crippen molar-refractivity contribution >= 4 is 0 Å². The summed E-state index contributed by atoms with van der Waals surface area (Å²) in [5.74, 6) is 0. The van der Waals surface area contributed by atoms with Gasteiger partial charge in [0.05, 0.1) is 84.9 Å². The molecule has 0 amide bonds. The third-order valence-electron chi connectivity index (χ3n) is 4.89. The largest absolute Gasteiger partial charge is 0.390 e. The second kappa shape index (κ2) is 18.2. The van der Waals surface area contributed by atoms with Gasteiger partial charge in [-0.1, -0.05) is 12.1 Å². The molecule has 33 heavy (non-hydrogen) atoms. The van der Waals surface area contributed by atoms with E-state index in [1.165, 1.54) is 0 Å². The zero-order valence-corrected chi connectivity index (χ0v) is 19.6. The maximum Gasteiger partial charge on any atom is 0.109 e. The predicted molar refractivity (Wildman–Crippen MR) is 118 cm³/mol. The van der Waals surface area contributed by atoms with E-state index in [4.69, 9.17) is 28.4 Å². The molecular weight excluding hydrogens is 436 g/mol. The van der Waals surface area contributed by atoms with Crippen molar-refractivity contribution in [3.05, 3.63) is 11.9 Å². The highest BCUT2D eigenvalue weighted by Gasteiger charge is 2.31. The highest BCUT2D eigenvalue weighted by molar-refractivity contribution is 4.89. The van der Waals surface area contributed by atoms with Gasteiger partial charge < -0.3 is 44.0 Å². The highest BCUT2D eigenvalue weighted by Crippen LogP contribution is 2.14. The minimum Gasteiger partial charge on any atom is -0.390 e. The Hall–Kier alpha value is -1.22. The Morgan fingerprint density at radius 3 is 2.42 bits per heavy atom. The monoisotopic (exact) mass is 476 g/mol. The molecule has 0 radical (unpaired) electrons. The van der Waals surface area contributed by atoms with Crippen LogP contribution in [-0.2, 0) is 41.6 Å². The van der Waals surface area contributed by atoms with Crippen molar-refractivity contribution in [2.75, 3.05) is 79.2 Å². The smallest absolute Gasteiger partial charge is 0.109 e. The number of nitrogens with one attached hydrogen (secondary N) is 1. The number of aliphatic hydroxyl groups is 2. The summed E-state index contributed by atoms with van der Waals surface area (Å²) < 4.78 is 34.5. The van der Waals surface area contributed by atoms with Gasteiger partial charge in [-0.3, -0.25) is 0 Å². The fourth-order valence-electron chi connectivity index (χ4n) is 3.03. The summed E-state index contributed by atoms with van der Waals surface area (Å²) in [4.78, 5) is 0. The molecule has 1 saturated heterocycles. The van der Waals surface area contributed by atoms with E-state index in [9.17, 15) is 10.2 Å². The van der Waals surface area contributed by atoms with Gasteiger partial charge in [0.15, 0.2) is 0 Å². The van der Waals surface area contributed by atoms with Crippen LogP contribution in [0.4, 0.5) is 0 Å². The Labute approximate surface area is 195 Å². The van der Waals surface area contributed by atoms with E-state index in [2.05, 4.69) is 22.6 Å². The Morgan fingerprint density at radius 1 is 1.00 bits per heavy atom. The molecule has 0 aromatic carbocycles. The summed E-state index contributed by atoms with van der Waals surface area (Å²) in [5, 5.41) is 30.7. The standard InChI is InChI=1S/C21H40N4O8/c1-2-22-4-7-31-16-18-15-25(24-23-18)5-8-28-9-10-29-11-12-30-13-14-32-17-20-21(27)19(26)3-6-33-20/h15,19-22,26-27H,2-14,16-17H2,1H3. The van der Waals surface area contributed by atoms with Gasteiger partial charge in [-0.25, -0.2) is 4.68 Å². The van der Waals surface area contributed by atoms with Crippen molar-refractivity contribution in [2.45, 2.75) is 44.8 Å². The maximum absolute atomic E-state index is 9.80. The third-order valence-corrected chi connectivity index (χ3v) is 4.89. The van der Waals surface area contributed by atoms with E-state index in [0.717, 1.165) is 18.8 Å². The van der Waals surface area contributed by atoms with Gasteiger partial charge in [0.1, 0.15) is 17.9 Å². The van der Waals surface area contributed by atoms with Crippen molar-refractivity contribution in [1.29, 1.82) is 0 Å². The van der Waals surface area contributed by atoms with E-state index in [1.54, 1.807) is 4.68 Å². The van der Waals surface area contributed by atoms with E-state index < -0.39 is 18.3 Å². The first kappa shape index (κ1) is 28.0. The van der Waals surface area contributed by atoms with Crippen LogP contribution in [0.5, 0.6) is 0 Å². The number of nitrogens with zero attached hydrogens (tertiary/aromatic N) is 3. The number of hydrogen-bond donors (Lipinski definition) is 3. The first-order chi connectivity index (χ1) is 16.2. The molecule has 12 heteroatoms. The number of ether oxygens (including phenoxy) is 6. The van der Waals surface area contributed by atoms with Gasteiger partial charge >= 0.3 is 0 Å². The Bertz CT molecular complexity index is 594. The number of aliphatic hydroxyl groups excluding tert-OH is 2. The summed E-state index contributed by atoms with van der Waals surface area (Å²) >= 11 is 0. The fraction of sp³-hybridized carbons (Fsp3) is 0.905. The quantitative estimate of drug-likeness (QED) is 0.199. The van der Waals surface area contributed by atoms with Crippen LogP contribution in [-0.4, -0.2) is 123 Å². The fourth-order valence-corrected chi connectivity index (χ4v) is 3.03. The highest BCUT2D eigenvalue weighted by atomic mass is 16.6. The second-order valence-corrected chi connectivity index (χ2v) is 7.55. The molecule has 1 aromatic rings. The first-order valence-electron chi connectivity index (χ1n) is 11.7. The molecule has 1 fully saturated rings. The summed E-state index contributed by atoms with van der Waals surface area (Å²) in [6.45, 7) is 9.46. The van der Waals surface area contributed by atoms with Gasteiger partial charge in [0, 0.05) is 13.2 Å². The average molecular weight is 477 g/mol. The molecule has 192 valence electrons. The van der Waals surface area contributed by atoms with Gasteiger partial charge in [-0.2, -0.15) is 0 Å². The van der Waals surface area contributed by atoms with Crippen LogP contribution in [0, 0.1) is 0 Å². The Kier molecular flexibility index (Phi) is 15.4. The normalized spacial score (nSPS) is 21.0. The van der Waals surface area contributed by atoms with E-state index in [-0.39, 0.29) is 6.61 Å². The Morgan fingerprint density at radius 2 is 1.70 bits per heavy atom. The van der Waals surface area contributed by atoms with Gasteiger partial charge in [0.25, 0.3) is 0 Å². The lowest BCUT2D eigenvalue weighted by molar-refractivity contribution is -0.156. The second-order valence-electron chi connectivity index (χ2n) is 7.55. The molecule has 0 bridgehead atoms. The van der Waals surface area contributed by atoms with Crippen LogP contribution < -0.4 is 5.32 Å². The molecule has 1 aliphatic rings. The summed E-state index contributed by atoms with van der Waals surface area (Å²) in [7, 11) is 0. The number of hydrogen-bond acceptors (Lipinski definition) is 11. The molecule has 3 atom stereocenters. The molecule has 3 N–H and O–H groups in total. The molecule has 2 rings (SSSR count). The molecule has 12 nitrogen and oxygen atoms in total. The molecule has 2 heterocycles. The maximum atomic E-state index is 9.80. The van der Waals surface area contributed by atoms with E-state index in [1.807, 2.05) is 6.20 Å². The number of rotatable bonds is 20. The van der Waals surface area contributed by atoms with Crippen molar-refractivity contribution in [3.63, 3.8) is 0 Å². The zero-order valence-electron chi connectivity index (χ0n) is 19.6. The Balaban J connectivity index is 1.32. The first-order valence-corrected chi connectivity index (χ1v) is 11.7. The minimum atomic E-state index is -0.901. The van der Waals surface area contributed by atoms with Gasteiger partial charge in [-0.05, 0) is 13.0 Å². The van der Waals surface area contributed by atoms with Crippen molar-refractivity contribution in [1.82, 2.24) is 20.3 Å². The third kappa shape index (κ3) is 12.7. The van der Waals surface area contributed by atoms with E-state index >= 15 is 0 Å². The van der Waals surface area contributed by atoms with Crippen molar-refractivity contribution in [2.24, 2.45) is 0 Å². The van der Waals surface area contributed by atoms with E-state index in [0.29, 0.717) is 79.0 Å². The minimum absolute atomic E-state index is 0.232. The zero-order chi connectivity index (χ0) is 23.6. The predicted octanol–water partition coefficient (Wildman–Crippen LogP) is -1.02. The SMILES string of the molecule is CCNCCOCc1cn(CCOCCOCCOCCOCC2OCCC(O)C2O)nn1.